The van der Waals surface area contributed by atoms with Gasteiger partial charge >= 0.3 is 5.97 Å². The van der Waals surface area contributed by atoms with Crippen LogP contribution in [0.25, 0.3) is 0 Å². The van der Waals surface area contributed by atoms with Gasteiger partial charge in [0.1, 0.15) is 0 Å². The van der Waals surface area contributed by atoms with Gasteiger partial charge in [0.2, 0.25) is 0 Å². The molecule has 0 spiro atoms. The first-order chi connectivity index (χ1) is 6.20. The first kappa shape index (κ1) is 10.3. The Bertz CT molecular complexity index is 205. The Morgan fingerprint density at radius 1 is 1.38 bits per heavy atom. The molecule has 1 saturated heterocycles. The summed E-state index contributed by atoms with van der Waals surface area (Å²) in [5.74, 6) is -0.808. The van der Waals surface area contributed by atoms with Crippen LogP contribution in [0.5, 0.6) is 0 Å². The summed E-state index contributed by atoms with van der Waals surface area (Å²) in [6.07, 6.45) is 5.62. The smallest absolute Gasteiger partial charge is 0.330 e. The van der Waals surface area contributed by atoms with Crippen molar-refractivity contribution in [1.29, 1.82) is 0 Å². The van der Waals surface area contributed by atoms with E-state index in [0.29, 0.717) is 5.57 Å². The predicted molar refractivity (Wildman–Crippen MR) is 51.7 cm³/mol. The summed E-state index contributed by atoms with van der Waals surface area (Å²) >= 11 is 0. The van der Waals surface area contributed by atoms with Crippen molar-refractivity contribution in [3.8, 4) is 0 Å². The zero-order valence-electron chi connectivity index (χ0n) is 8.12. The molecule has 1 rings (SSSR count). The lowest BCUT2D eigenvalue weighted by molar-refractivity contribution is -0.132. The fourth-order valence-corrected chi connectivity index (χ4v) is 1.50. The first-order valence-electron chi connectivity index (χ1n) is 4.82. The van der Waals surface area contributed by atoms with Crippen LogP contribution in [0.15, 0.2) is 11.6 Å². The molecular formula is C10H17NO2. The van der Waals surface area contributed by atoms with Gasteiger partial charge in [-0.25, -0.2) is 4.79 Å². The van der Waals surface area contributed by atoms with E-state index in [2.05, 4.69) is 4.90 Å². The van der Waals surface area contributed by atoms with Crippen LogP contribution < -0.4 is 0 Å². The van der Waals surface area contributed by atoms with Crippen molar-refractivity contribution in [1.82, 2.24) is 4.90 Å². The third-order valence-corrected chi connectivity index (χ3v) is 2.44. The minimum absolute atomic E-state index is 0.450. The molecule has 0 radical (unpaired) electrons. The highest BCUT2D eigenvalue weighted by molar-refractivity contribution is 5.85. The third-order valence-electron chi connectivity index (χ3n) is 2.44. The molecule has 1 fully saturated rings. The molecule has 0 bridgehead atoms. The lowest BCUT2D eigenvalue weighted by atomic mass is 10.1. The number of carbonyl (C=O) groups is 1. The molecule has 1 aliphatic heterocycles. The van der Waals surface area contributed by atoms with Gasteiger partial charge in [-0.1, -0.05) is 12.5 Å². The van der Waals surface area contributed by atoms with Crippen molar-refractivity contribution in [3.05, 3.63) is 11.6 Å². The van der Waals surface area contributed by atoms with Crippen LogP contribution in [0.1, 0.15) is 26.2 Å². The van der Waals surface area contributed by atoms with Crippen LogP contribution in [0.2, 0.25) is 0 Å². The molecule has 0 aromatic rings. The maximum Gasteiger partial charge on any atom is 0.330 e. The van der Waals surface area contributed by atoms with E-state index in [-0.39, 0.29) is 0 Å². The number of likely N-dealkylation sites (tertiary alicyclic amines) is 1. The van der Waals surface area contributed by atoms with Gasteiger partial charge in [-0.05, 0) is 32.9 Å². The summed E-state index contributed by atoms with van der Waals surface area (Å²) in [4.78, 5) is 12.8. The molecular weight excluding hydrogens is 166 g/mol. The van der Waals surface area contributed by atoms with E-state index in [1.54, 1.807) is 13.0 Å². The third kappa shape index (κ3) is 3.59. The number of carboxylic acids is 1. The largest absolute Gasteiger partial charge is 0.478 e. The van der Waals surface area contributed by atoms with E-state index in [1.807, 2.05) is 0 Å². The average molecular weight is 183 g/mol. The minimum Gasteiger partial charge on any atom is -0.478 e. The van der Waals surface area contributed by atoms with E-state index in [1.165, 1.54) is 19.3 Å². The monoisotopic (exact) mass is 183 g/mol. The SMILES string of the molecule is CC(=CCN1CCCCC1)C(=O)O. The lowest BCUT2D eigenvalue weighted by Gasteiger charge is -2.24. The Labute approximate surface area is 79.0 Å². The standard InChI is InChI=1S/C10H17NO2/c1-9(10(12)13)5-8-11-6-3-2-4-7-11/h5H,2-4,6-8H2,1H3,(H,12,13). The maximum absolute atomic E-state index is 10.5. The molecule has 13 heavy (non-hydrogen) atoms. The van der Waals surface area contributed by atoms with E-state index in [9.17, 15) is 4.79 Å². The number of nitrogens with zero attached hydrogens (tertiary/aromatic N) is 1. The molecule has 1 N–H and O–H groups in total. The van der Waals surface area contributed by atoms with Gasteiger partial charge in [0.25, 0.3) is 0 Å². The van der Waals surface area contributed by atoms with Crippen LogP contribution in [0.3, 0.4) is 0 Å². The van der Waals surface area contributed by atoms with E-state index < -0.39 is 5.97 Å². The second-order valence-corrected chi connectivity index (χ2v) is 3.55. The second kappa shape index (κ2) is 5.02. The predicted octanol–water partition coefficient (Wildman–Crippen LogP) is 1.50. The van der Waals surface area contributed by atoms with Crippen molar-refractivity contribution < 1.29 is 9.90 Å². The van der Waals surface area contributed by atoms with Crippen molar-refractivity contribution in [2.45, 2.75) is 26.2 Å². The van der Waals surface area contributed by atoms with Crippen LogP contribution in [-0.4, -0.2) is 35.6 Å². The Balaban J connectivity index is 2.31. The van der Waals surface area contributed by atoms with Crippen LogP contribution >= 0.6 is 0 Å². The first-order valence-corrected chi connectivity index (χ1v) is 4.82. The topological polar surface area (TPSA) is 40.5 Å². The van der Waals surface area contributed by atoms with E-state index in [0.717, 1.165) is 19.6 Å². The normalized spacial score (nSPS) is 20.2. The fraction of sp³-hybridized carbons (Fsp3) is 0.700. The number of rotatable bonds is 3. The summed E-state index contributed by atoms with van der Waals surface area (Å²) in [5, 5.41) is 8.62. The van der Waals surface area contributed by atoms with Gasteiger partial charge < -0.3 is 5.11 Å². The van der Waals surface area contributed by atoms with E-state index in [4.69, 9.17) is 5.11 Å². The summed E-state index contributed by atoms with van der Waals surface area (Å²) in [7, 11) is 0. The van der Waals surface area contributed by atoms with Crippen molar-refractivity contribution in [3.63, 3.8) is 0 Å². The summed E-state index contributed by atoms with van der Waals surface area (Å²) in [6, 6.07) is 0. The van der Waals surface area contributed by atoms with Gasteiger partial charge in [-0.2, -0.15) is 0 Å². The van der Waals surface area contributed by atoms with E-state index >= 15 is 0 Å². The Kier molecular flexibility index (Phi) is 3.96. The number of hydrogen-bond donors (Lipinski definition) is 1. The number of carboxylic acid groups (broad SMARTS) is 1. The molecule has 74 valence electrons. The Morgan fingerprint density at radius 2 is 2.00 bits per heavy atom. The highest BCUT2D eigenvalue weighted by Crippen LogP contribution is 2.08. The molecule has 1 aliphatic rings. The molecule has 0 unspecified atom stereocenters. The van der Waals surface area contributed by atoms with Crippen molar-refractivity contribution in [2.75, 3.05) is 19.6 Å². The summed E-state index contributed by atoms with van der Waals surface area (Å²) < 4.78 is 0. The number of piperidine rings is 1. The molecule has 0 aliphatic carbocycles. The molecule has 0 aromatic carbocycles. The minimum atomic E-state index is -0.808. The van der Waals surface area contributed by atoms with Crippen LogP contribution in [0, 0.1) is 0 Å². The number of hydrogen-bond acceptors (Lipinski definition) is 2. The summed E-state index contributed by atoms with van der Waals surface area (Å²) in [5.41, 5.74) is 0.450. The molecule has 0 atom stereocenters. The zero-order valence-corrected chi connectivity index (χ0v) is 8.12. The second-order valence-electron chi connectivity index (χ2n) is 3.55. The highest BCUT2D eigenvalue weighted by Gasteiger charge is 2.08. The van der Waals surface area contributed by atoms with Gasteiger partial charge in [0, 0.05) is 12.1 Å². The Morgan fingerprint density at radius 3 is 2.54 bits per heavy atom. The van der Waals surface area contributed by atoms with Crippen LogP contribution in [-0.2, 0) is 4.79 Å². The quantitative estimate of drug-likeness (QED) is 0.674. The zero-order chi connectivity index (χ0) is 9.68. The van der Waals surface area contributed by atoms with Crippen molar-refractivity contribution in [2.24, 2.45) is 0 Å². The molecule has 0 saturated carbocycles. The number of aliphatic carboxylic acids is 1. The maximum atomic E-state index is 10.5. The van der Waals surface area contributed by atoms with Crippen LogP contribution in [0.4, 0.5) is 0 Å². The van der Waals surface area contributed by atoms with Gasteiger partial charge in [-0.15, -0.1) is 0 Å². The molecule has 1 heterocycles. The highest BCUT2D eigenvalue weighted by atomic mass is 16.4. The molecule has 0 aromatic heterocycles. The lowest BCUT2D eigenvalue weighted by Crippen LogP contribution is -2.30. The average Bonchev–Trinajstić information content (AvgIpc) is 2.15. The molecule has 0 amide bonds. The van der Waals surface area contributed by atoms with Gasteiger partial charge in [0.15, 0.2) is 0 Å². The molecule has 3 nitrogen and oxygen atoms in total. The summed E-state index contributed by atoms with van der Waals surface area (Å²) in [6.45, 7) is 4.66. The fourth-order valence-electron chi connectivity index (χ4n) is 1.50. The Hall–Kier alpha value is -0.830. The molecule has 3 heteroatoms. The van der Waals surface area contributed by atoms with Gasteiger partial charge in [0.05, 0.1) is 0 Å². The van der Waals surface area contributed by atoms with Gasteiger partial charge in [-0.3, -0.25) is 4.90 Å². The van der Waals surface area contributed by atoms with Crippen molar-refractivity contribution >= 4 is 5.97 Å².